The van der Waals surface area contributed by atoms with Crippen molar-refractivity contribution in [3.63, 3.8) is 0 Å². The molecular formula is C19H26Cl2N4O3. The Morgan fingerprint density at radius 1 is 1.25 bits per heavy atom. The van der Waals surface area contributed by atoms with Crippen LogP contribution in [0.15, 0.2) is 30.3 Å². The van der Waals surface area contributed by atoms with Crippen LogP contribution >= 0.6 is 24.0 Å². The van der Waals surface area contributed by atoms with Gasteiger partial charge in [0, 0.05) is 37.8 Å². The van der Waals surface area contributed by atoms with Gasteiger partial charge in [0.25, 0.3) is 0 Å². The number of alkyl halides is 1. The van der Waals surface area contributed by atoms with Gasteiger partial charge in [0.1, 0.15) is 6.04 Å². The van der Waals surface area contributed by atoms with Crippen LogP contribution in [0.4, 0.5) is 5.69 Å². The predicted molar refractivity (Wildman–Crippen MR) is 111 cm³/mol. The molecule has 9 heteroatoms. The molecule has 2 aliphatic rings. The van der Waals surface area contributed by atoms with Crippen LogP contribution in [0.1, 0.15) is 12.8 Å². The molecule has 0 spiro atoms. The average molecular weight is 429 g/mol. The Labute approximate surface area is 176 Å². The quantitative estimate of drug-likeness (QED) is 0.556. The lowest BCUT2D eigenvalue weighted by Gasteiger charge is -2.35. The van der Waals surface area contributed by atoms with Crippen LogP contribution in [0, 0.1) is 5.92 Å². The topological polar surface area (TPSA) is 90.5 Å². The van der Waals surface area contributed by atoms with Crippen molar-refractivity contribution in [2.45, 2.75) is 24.9 Å². The van der Waals surface area contributed by atoms with Crippen LogP contribution in [0.25, 0.3) is 0 Å². The van der Waals surface area contributed by atoms with Gasteiger partial charge in [-0.05, 0) is 25.0 Å². The second-order valence-corrected chi connectivity index (χ2v) is 7.23. The van der Waals surface area contributed by atoms with E-state index in [1.807, 2.05) is 30.3 Å². The van der Waals surface area contributed by atoms with Crippen molar-refractivity contribution in [2.75, 3.05) is 37.0 Å². The molecule has 0 saturated carbocycles. The number of halogens is 2. The van der Waals surface area contributed by atoms with Gasteiger partial charge in [0.2, 0.25) is 11.8 Å². The molecule has 0 unspecified atom stereocenters. The summed E-state index contributed by atoms with van der Waals surface area (Å²) >= 11 is 5.72. The first-order chi connectivity index (χ1) is 13.1. The van der Waals surface area contributed by atoms with E-state index in [1.54, 1.807) is 0 Å². The number of hydrogen-bond acceptors (Lipinski definition) is 5. The van der Waals surface area contributed by atoms with Crippen LogP contribution in [0.3, 0.4) is 0 Å². The number of carbonyl (C=O) groups excluding carboxylic acids is 3. The Morgan fingerprint density at radius 2 is 2.00 bits per heavy atom. The zero-order valence-electron chi connectivity index (χ0n) is 15.5. The van der Waals surface area contributed by atoms with Crippen LogP contribution < -0.4 is 20.9 Å². The van der Waals surface area contributed by atoms with E-state index in [0.29, 0.717) is 26.1 Å². The summed E-state index contributed by atoms with van der Waals surface area (Å²) in [6, 6.07) is 8.75. The SMILES string of the molecule is Cl.O=C1NCC[C@H]1C[C@H](NC(=O)[C@@H]1CN(c2ccccc2)CCN1)C(=O)CCl. The lowest BCUT2D eigenvalue weighted by atomic mass is 9.96. The smallest absolute Gasteiger partial charge is 0.239 e. The number of Topliss-reactive ketones (excluding diaryl/α,β-unsaturated/α-hetero) is 1. The molecule has 2 saturated heterocycles. The maximum atomic E-state index is 12.8. The first kappa shape index (κ1) is 22.5. The Morgan fingerprint density at radius 3 is 2.64 bits per heavy atom. The molecule has 0 aromatic heterocycles. The summed E-state index contributed by atoms with van der Waals surface area (Å²) in [6.45, 7) is 2.60. The minimum Gasteiger partial charge on any atom is -0.368 e. The lowest BCUT2D eigenvalue weighted by Crippen LogP contribution is -2.59. The molecule has 0 radical (unpaired) electrons. The van der Waals surface area contributed by atoms with Gasteiger partial charge < -0.3 is 20.9 Å². The number of ketones is 1. The van der Waals surface area contributed by atoms with Crippen molar-refractivity contribution >= 4 is 47.3 Å². The number of nitrogens with zero attached hydrogens (tertiary/aromatic N) is 1. The summed E-state index contributed by atoms with van der Waals surface area (Å²) in [5.41, 5.74) is 1.06. The van der Waals surface area contributed by atoms with E-state index in [0.717, 1.165) is 12.2 Å². The number of anilines is 1. The van der Waals surface area contributed by atoms with E-state index < -0.39 is 12.1 Å². The van der Waals surface area contributed by atoms with Crippen LogP contribution in [-0.2, 0) is 14.4 Å². The van der Waals surface area contributed by atoms with Crippen molar-refractivity contribution in [1.82, 2.24) is 16.0 Å². The Kier molecular flexibility index (Phi) is 8.54. The summed E-state index contributed by atoms with van der Waals surface area (Å²) in [5, 5.41) is 8.78. The number of rotatable bonds is 7. The van der Waals surface area contributed by atoms with E-state index >= 15 is 0 Å². The molecule has 2 fully saturated rings. The van der Waals surface area contributed by atoms with Gasteiger partial charge in [-0.15, -0.1) is 24.0 Å². The minimum atomic E-state index is -0.738. The van der Waals surface area contributed by atoms with Crippen LogP contribution in [0.5, 0.6) is 0 Å². The maximum absolute atomic E-state index is 12.8. The van der Waals surface area contributed by atoms with Crippen molar-refractivity contribution in [1.29, 1.82) is 0 Å². The summed E-state index contributed by atoms with van der Waals surface area (Å²) in [6.07, 6.45) is 0.961. The number of benzene rings is 1. The lowest BCUT2D eigenvalue weighted by molar-refractivity contribution is -0.129. The van der Waals surface area contributed by atoms with E-state index in [9.17, 15) is 14.4 Å². The number of amides is 2. The largest absolute Gasteiger partial charge is 0.368 e. The van der Waals surface area contributed by atoms with Gasteiger partial charge in [-0.2, -0.15) is 0 Å². The van der Waals surface area contributed by atoms with Crippen molar-refractivity contribution in [3.8, 4) is 0 Å². The summed E-state index contributed by atoms with van der Waals surface area (Å²) in [7, 11) is 0. The van der Waals surface area contributed by atoms with E-state index in [4.69, 9.17) is 11.6 Å². The normalized spacial score (nSPS) is 22.8. The molecule has 3 atom stereocenters. The second-order valence-electron chi connectivity index (χ2n) is 6.96. The highest BCUT2D eigenvalue weighted by Crippen LogP contribution is 2.18. The molecule has 2 aliphatic heterocycles. The molecule has 1 aromatic carbocycles. The fourth-order valence-electron chi connectivity index (χ4n) is 3.59. The molecule has 7 nitrogen and oxygen atoms in total. The summed E-state index contributed by atoms with van der Waals surface area (Å²) in [5.74, 6) is -1.02. The Hall–Kier alpha value is -1.83. The minimum absolute atomic E-state index is 0. The third kappa shape index (κ3) is 5.59. The average Bonchev–Trinajstić information content (AvgIpc) is 3.12. The molecule has 0 bridgehead atoms. The molecule has 2 amide bonds. The molecule has 3 rings (SSSR count). The fourth-order valence-corrected chi connectivity index (χ4v) is 3.78. The first-order valence-electron chi connectivity index (χ1n) is 9.28. The predicted octanol–water partition coefficient (Wildman–Crippen LogP) is 0.706. The van der Waals surface area contributed by atoms with Gasteiger partial charge >= 0.3 is 0 Å². The van der Waals surface area contributed by atoms with E-state index in [-0.39, 0.29) is 48.2 Å². The third-order valence-corrected chi connectivity index (χ3v) is 5.40. The number of para-hydroxylation sites is 1. The molecule has 2 heterocycles. The van der Waals surface area contributed by atoms with E-state index in [1.165, 1.54) is 0 Å². The van der Waals surface area contributed by atoms with Crippen molar-refractivity contribution in [3.05, 3.63) is 30.3 Å². The fraction of sp³-hybridized carbons (Fsp3) is 0.526. The monoisotopic (exact) mass is 428 g/mol. The molecule has 1 aromatic rings. The summed E-state index contributed by atoms with van der Waals surface area (Å²) < 4.78 is 0. The number of hydrogen-bond donors (Lipinski definition) is 3. The highest BCUT2D eigenvalue weighted by Gasteiger charge is 2.33. The standard InChI is InChI=1S/C19H25ClN4O3.ClH/c20-11-17(25)15(10-13-6-7-22-18(13)26)23-19(27)16-12-24(9-8-21-16)14-4-2-1-3-5-14;/h1-5,13,15-16,21H,6-12H2,(H,22,26)(H,23,27);1H/t13-,15-,16-;/m0./s1. The summed E-state index contributed by atoms with van der Waals surface area (Å²) in [4.78, 5) is 38.9. The van der Waals surface area contributed by atoms with Gasteiger partial charge in [0.05, 0.1) is 11.9 Å². The zero-order valence-corrected chi connectivity index (χ0v) is 17.1. The number of nitrogens with one attached hydrogen (secondary N) is 3. The van der Waals surface area contributed by atoms with Gasteiger partial charge in [-0.3, -0.25) is 14.4 Å². The van der Waals surface area contributed by atoms with Crippen LogP contribution in [-0.4, -0.2) is 61.7 Å². The number of piperazine rings is 1. The number of carbonyl (C=O) groups is 3. The van der Waals surface area contributed by atoms with Crippen molar-refractivity contribution < 1.29 is 14.4 Å². The van der Waals surface area contributed by atoms with Gasteiger partial charge in [-0.1, -0.05) is 18.2 Å². The van der Waals surface area contributed by atoms with Gasteiger partial charge in [-0.25, -0.2) is 0 Å². The molecule has 28 heavy (non-hydrogen) atoms. The van der Waals surface area contributed by atoms with Crippen LogP contribution in [0.2, 0.25) is 0 Å². The molecular weight excluding hydrogens is 403 g/mol. The highest BCUT2D eigenvalue weighted by atomic mass is 35.5. The van der Waals surface area contributed by atoms with Crippen molar-refractivity contribution in [2.24, 2.45) is 5.92 Å². The third-order valence-electron chi connectivity index (χ3n) is 5.13. The van der Waals surface area contributed by atoms with Gasteiger partial charge in [0.15, 0.2) is 5.78 Å². The second kappa shape index (κ2) is 10.6. The molecule has 154 valence electrons. The molecule has 0 aliphatic carbocycles. The maximum Gasteiger partial charge on any atom is 0.239 e. The highest BCUT2D eigenvalue weighted by molar-refractivity contribution is 6.28. The Bertz CT molecular complexity index is 689. The zero-order chi connectivity index (χ0) is 19.2. The first-order valence-corrected chi connectivity index (χ1v) is 9.82. The Balaban J connectivity index is 0.00000280. The van der Waals surface area contributed by atoms with E-state index in [2.05, 4.69) is 20.9 Å². The molecule has 3 N–H and O–H groups in total.